The van der Waals surface area contributed by atoms with E-state index in [9.17, 15) is 4.79 Å². The molecule has 148 valence electrons. The number of nitrogens with zero attached hydrogens (tertiary/aromatic N) is 3. The van der Waals surface area contributed by atoms with Crippen LogP contribution in [-0.4, -0.2) is 27.2 Å². The van der Waals surface area contributed by atoms with Crippen LogP contribution in [0.3, 0.4) is 0 Å². The van der Waals surface area contributed by atoms with Crippen molar-refractivity contribution in [1.29, 1.82) is 0 Å². The number of nitrogens with two attached hydrogens (primary N) is 1. The first-order chi connectivity index (χ1) is 13.5. The number of carbonyl (C=O) groups excluding carboxylic acids is 1. The van der Waals surface area contributed by atoms with Gasteiger partial charge in [0.1, 0.15) is 0 Å². The minimum atomic E-state index is -0.132. The highest BCUT2D eigenvalue weighted by Gasteiger charge is 2.17. The average molecular weight is 380 g/mol. The van der Waals surface area contributed by atoms with E-state index in [0.29, 0.717) is 18.7 Å². The molecule has 0 aliphatic rings. The van der Waals surface area contributed by atoms with Crippen molar-refractivity contribution < 1.29 is 9.53 Å². The largest absolute Gasteiger partial charge is 0.466 e. The quantitative estimate of drug-likeness (QED) is 0.469. The number of ether oxygens (including phenoxy) is 1. The lowest BCUT2D eigenvalue weighted by Crippen LogP contribution is -2.07. The van der Waals surface area contributed by atoms with Crippen LogP contribution in [0, 0.1) is 6.92 Å². The van der Waals surface area contributed by atoms with E-state index in [-0.39, 0.29) is 5.97 Å². The number of rotatable bonds is 8. The molecule has 0 saturated carbocycles. The summed E-state index contributed by atoms with van der Waals surface area (Å²) in [6.45, 7) is 6.43. The highest BCUT2D eigenvalue weighted by atomic mass is 16.5. The Morgan fingerprint density at radius 1 is 1.21 bits per heavy atom. The first-order valence-electron chi connectivity index (χ1n) is 9.91. The molecule has 3 rings (SSSR count). The normalized spacial score (nSPS) is 11.1. The van der Waals surface area contributed by atoms with Crippen LogP contribution in [-0.2, 0) is 22.4 Å². The Kier molecular flexibility index (Phi) is 6.29. The average Bonchev–Trinajstić information content (AvgIpc) is 3.07. The second-order valence-electron chi connectivity index (χ2n) is 6.93. The fourth-order valence-corrected chi connectivity index (χ4v) is 3.62. The molecule has 0 aliphatic carbocycles. The Morgan fingerprint density at radius 3 is 2.75 bits per heavy atom. The summed E-state index contributed by atoms with van der Waals surface area (Å²) in [6, 6.07) is 6.20. The van der Waals surface area contributed by atoms with E-state index in [1.165, 1.54) is 11.3 Å². The highest BCUT2D eigenvalue weighted by molar-refractivity contribution is 5.84. The molecular formula is C22H28N4O2. The zero-order chi connectivity index (χ0) is 20.1. The summed E-state index contributed by atoms with van der Waals surface area (Å²) >= 11 is 0. The number of aromatic nitrogens is 3. The van der Waals surface area contributed by atoms with Gasteiger partial charge in [0.05, 0.1) is 23.5 Å². The molecule has 3 aromatic heterocycles. The third kappa shape index (κ3) is 4.16. The Morgan fingerprint density at radius 2 is 2.04 bits per heavy atom. The van der Waals surface area contributed by atoms with Gasteiger partial charge in [0.2, 0.25) is 0 Å². The summed E-state index contributed by atoms with van der Waals surface area (Å²) in [7, 11) is 0. The first-order valence-corrected chi connectivity index (χ1v) is 9.91. The van der Waals surface area contributed by atoms with Gasteiger partial charge in [-0.25, -0.2) is 4.52 Å². The zero-order valence-electron chi connectivity index (χ0n) is 16.9. The van der Waals surface area contributed by atoms with Crippen molar-refractivity contribution in [3.63, 3.8) is 0 Å². The Balaban J connectivity index is 1.97. The summed E-state index contributed by atoms with van der Waals surface area (Å²) in [5.41, 5.74) is 13.2. The minimum Gasteiger partial charge on any atom is -0.466 e. The number of anilines is 1. The number of unbranched alkanes of at least 4 members (excludes halogenated alkanes) is 1. The lowest BCUT2D eigenvalue weighted by molar-refractivity contribution is -0.143. The molecule has 0 saturated heterocycles. The van der Waals surface area contributed by atoms with E-state index in [0.717, 1.165) is 48.0 Å². The third-order valence-electron chi connectivity index (χ3n) is 4.95. The van der Waals surface area contributed by atoms with Crippen molar-refractivity contribution in [3.8, 4) is 11.1 Å². The van der Waals surface area contributed by atoms with Crippen molar-refractivity contribution >= 4 is 17.2 Å². The van der Waals surface area contributed by atoms with Crippen LogP contribution in [0.2, 0.25) is 0 Å². The molecule has 0 aromatic carbocycles. The number of pyridine rings is 1. The molecule has 0 aliphatic heterocycles. The third-order valence-corrected chi connectivity index (χ3v) is 4.95. The van der Waals surface area contributed by atoms with Crippen molar-refractivity contribution in [3.05, 3.63) is 47.5 Å². The van der Waals surface area contributed by atoms with Crippen LogP contribution in [0.5, 0.6) is 0 Å². The van der Waals surface area contributed by atoms with E-state index >= 15 is 0 Å². The van der Waals surface area contributed by atoms with Crippen molar-refractivity contribution in [2.45, 2.75) is 52.9 Å². The molecule has 0 radical (unpaired) electrons. The lowest BCUT2D eigenvalue weighted by atomic mass is 9.95. The molecule has 0 atom stereocenters. The lowest BCUT2D eigenvalue weighted by Gasteiger charge is -2.16. The Hall–Kier alpha value is -2.89. The predicted octanol–water partition coefficient (Wildman–Crippen LogP) is 4.13. The maximum atomic E-state index is 11.6. The highest BCUT2D eigenvalue weighted by Crippen LogP contribution is 2.32. The van der Waals surface area contributed by atoms with Crippen LogP contribution >= 0.6 is 0 Å². The van der Waals surface area contributed by atoms with E-state index in [4.69, 9.17) is 15.6 Å². The van der Waals surface area contributed by atoms with Crippen LogP contribution in [0.15, 0.2) is 30.6 Å². The van der Waals surface area contributed by atoms with Crippen LogP contribution < -0.4 is 5.73 Å². The second kappa shape index (κ2) is 8.87. The topological polar surface area (TPSA) is 82.5 Å². The number of fused-ring (bicyclic) bond motifs is 1. The molecule has 0 fully saturated rings. The molecule has 3 aromatic rings. The van der Waals surface area contributed by atoms with Crippen LogP contribution in [0.1, 0.15) is 50.1 Å². The first kappa shape index (κ1) is 19.9. The van der Waals surface area contributed by atoms with Gasteiger partial charge in [0.15, 0.2) is 0 Å². The number of esters is 1. The van der Waals surface area contributed by atoms with Crippen molar-refractivity contribution in [2.24, 2.45) is 0 Å². The molecule has 3 heterocycles. The number of aryl methyl sites for hydroxylation is 2. The number of hydrogen-bond acceptors (Lipinski definition) is 5. The van der Waals surface area contributed by atoms with E-state index in [2.05, 4.69) is 24.0 Å². The summed E-state index contributed by atoms with van der Waals surface area (Å²) in [5, 5.41) is 4.83. The van der Waals surface area contributed by atoms with Crippen molar-refractivity contribution in [1.82, 2.24) is 14.6 Å². The van der Waals surface area contributed by atoms with Gasteiger partial charge in [-0.3, -0.25) is 9.78 Å². The predicted molar refractivity (Wildman–Crippen MR) is 111 cm³/mol. The van der Waals surface area contributed by atoms with E-state index < -0.39 is 0 Å². The van der Waals surface area contributed by atoms with Crippen LogP contribution in [0.25, 0.3) is 16.6 Å². The van der Waals surface area contributed by atoms with Gasteiger partial charge in [0, 0.05) is 35.6 Å². The van der Waals surface area contributed by atoms with Gasteiger partial charge in [-0.05, 0) is 63.3 Å². The fraction of sp³-hybridized carbons (Fsp3) is 0.409. The van der Waals surface area contributed by atoms with Gasteiger partial charge in [-0.15, -0.1) is 0 Å². The molecule has 0 spiro atoms. The number of nitrogen functional groups attached to an aromatic ring is 1. The van der Waals surface area contributed by atoms with Gasteiger partial charge in [-0.2, -0.15) is 5.10 Å². The van der Waals surface area contributed by atoms with Gasteiger partial charge >= 0.3 is 5.97 Å². The zero-order valence-corrected chi connectivity index (χ0v) is 16.9. The Labute approximate surface area is 165 Å². The standard InChI is InChI=1S/C22H28N4O2/c1-4-18-10-11-20-22(16-12-17(23)14-24-13-16)19(15(3)25-26(18)20)8-6-7-9-21(27)28-5-2/h10-14H,4-9,23H2,1-3H3. The molecule has 0 unspecified atom stereocenters. The molecular weight excluding hydrogens is 352 g/mol. The van der Waals surface area contributed by atoms with Crippen LogP contribution in [0.4, 0.5) is 5.69 Å². The molecule has 2 N–H and O–H groups in total. The minimum absolute atomic E-state index is 0.132. The summed E-state index contributed by atoms with van der Waals surface area (Å²) < 4.78 is 7.04. The van der Waals surface area contributed by atoms with Gasteiger partial charge < -0.3 is 10.5 Å². The SMILES string of the molecule is CCOC(=O)CCCCc1c(C)nn2c(CC)ccc2c1-c1cncc(N)c1. The molecule has 0 bridgehead atoms. The molecule has 6 heteroatoms. The maximum Gasteiger partial charge on any atom is 0.305 e. The molecule has 6 nitrogen and oxygen atoms in total. The smallest absolute Gasteiger partial charge is 0.305 e. The molecule has 0 amide bonds. The molecule has 28 heavy (non-hydrogen) atoms. The summed E-state index contributed by atoms with van der Waals surface area (Å²) in [6.07, 6.45) is 7.39. The second-order valence-corrected chi connectivity index (χ2v) is 6.93. The van der Waals surface area contributed by atoms with E-state index in [1.807, 2.05) is 30.6 Å². The van der Waals surface area contributed by atoms with Crippen molar-refractivity contribution in [2.75, 3.05) is 12.3 Å². The number of hydrogen-bond donors (Lipinski definition) is 1. The van der Waals surface area contributed by atoms with Gasteiger partial charge in [0.25, 0.3) is 0 Å². The van der Waals surface area contributed by atoms with E-state index in [1.54, 1.807) is 6.20 Å². The maximum absolute atomic E-state index is 11.6. The monoisotopic (exact) mass is 380 g/mol. The fourth-order valence-electron chi connectivity index (χ4n) is 3.62. The number of carbonyl (C=O) groups is 1. The summed E-state index contributed by atoms with van der Waals surface area (Å²) in [4.78, 5) is 15.9. The van der Waals surface area contributed by atoms with Gasteiger partial charge in [-0.1, -0.05) is 6.92 Å². The Bertz CT molecular complexity index is 978. The summed E-state index contributed by atoms with van der Waals surface area (Å²) in [5.74, 6) is -0.132.